The molecule has 2 heteroatoms. The van der Waals surface area contributed by atoms with E-state index in [0.717, 1.165) is 19.0 Å². The largest absolute Gasteiger partial charge is 0.298 e. The average Bonchev–Trinajstić information content (AvgIpc) is 2.26. The Morgan fingerprint density at radius 1 is 1.05 bits per heavy atom. The summed E-state index contributed by atoms with van der Waals surface area (Å²) in [6, 6.07) is 0. The van der Waals surface area contributed by atoms with Crippen molar-refractivity contribution in [3.8, 4) is 0 Å². The lowest BCUT2D eigenvalue weighted by atomic mass is 9.83. The van der Waals surface area contributed by atoms with E-state index in [9.17, 15) is 4.79 Å². The van der Waals surface area contributed by atoms with E-state index in [1.807, 2.05) is 20.8 Å². The first-order valence-corrected chi connectivity index (χ1v) is 7.83. The summed E-state index contributed by atoms with van der Waals surface area (Å²) in [4.78, 5) is 14.4. The normalized spacial score (nSPS) is 19.7. The highest BCUT2D eigenvalue weighted by molar-refractivity contribution is 5.85. The van der Waals surface area contributed by atoms with Gasteiger partial charge in [-0.05, 0) is 50.1 Å². The molecule has 1 aliphatic rings. The minimum Gasteiger partial charge on any atom is -0.298 e. The van der Waals surface area contributed by atoms with Gasteiger partial charge in [0.1, 0.15) is 0 Å². The number of piperidine rings is 1. The van der Waals surface area contributed by atoms with E-state index in [1.54, 1.807) is 0 Å². The first-order chi connectivity index (χ1) is 8.58. The molecule has 1 fully saturated rings. The van der Waals surface area contributed by atoms with E-state index in [1.165, 1.54) is 25.7 Å². The van der Waals surface area contributed by atoms with Gasteiger partial charge in [-0.15, -0.1) is 0 Å². The number of carbonyl (C=O) groups excluding carboxylic acids is 1. The molecule has 0 bridgehead atoms. The standard InChI is InChI=1S/C17H33NO/c1-16(2,3)10-7-14-8-11-18(12-9-14)13-15(19)17(4,5)6/h14H,7-13H2,1-6H3. The molecule has 0 aromatic rings. The van der Waals surface area contributed by atoms with Crippen LogP contribution in [0.15, 0.2) is 0 Å². The summed E-state index contributed by atoms with van der Waals surface area (Å²) in [6.07, 6.45) is 5.21. The van der Waals surface area contributed by atoms with Crippen molar-refractivity contribution in [3.05, 3.63) is 0 Å². The summed E-state index contributed by atoms with van der Waals surface area (Å²) in [7, 11) is 0. The third-order valence-electron chi connectivity index (χ3n) is 4.21. The van der Waals surface area contributed by atoms with Crippen molar-refractivity contribution in [1.29, 1.82) is 0 Å². The van der Waals surface area contributed by atoms with Gasteiger partial charge in [0.25, 0.3) is 0 Å². The molecule has 0 aliphatic carbocycles. The van der Waals surface area contributed by atoms with Gasteiger partial charge in [-0.3, -0.25) is 9.69 Å². The van der Waals surface area contributed by atoms with Gasteiger partial charge in [-0.2, -0.15) is 0 Å². The van der Waals surface area contributed by atoms with E-state index in [0.29, 0.717) is 17.7 Å². The lowest BCUT2D eigenvalue weighted by molar-refractivity contribution is -0.127. The number of hydrogen-bond acceptors (Lipinski definition) is 2. The molecule has 112 valence electrons. The van der Waals surface area contributed by atoms with Crippen LogP contribution in [0, 0.1) is 16.7 Å². The molecular weight excluding hydrogens is 234 g/mol. The molecule has 0 aromatic heterocycles. The van der Waals surface area contributed by atoms with Gasteiger partial charge in [0, 0.05) is 5.41 Å². The van der Waals surface area contributed by atoms with E-state index in [2.05, 4.69) is 25.7 Å². The Morgan fingerprint density at radius 3 is 2.00 bits per heavy atom. The molecule has 0 atom stereocenters. The fourth-order valence-corrected chi connectivity index (χ4v) is 2.51. The zero-order valence-corrected chi connectivity index (χ0v) is 13.9. The maximum atomic E-state index is 12.0. The molecule has 0 saturated carbocycles. The van der Waals surface area contributed by atoms with Crippen molar-refractivity contribution in [1.82, 2.24) is 4.90 Å². The molecule has 0 spiro atoms. The fourth-order valence-electron chi connectivity index (χ4n) is 2.51. The van der Waals surface area contributed by atoms with Crippen molar-refractivity contribution < 1.29 is 4.79 Å². The summed E-state index contributed by atoms with van der Waals surface area (Å²) in [5, 5.41) is 0. The molecule has 0 aromatic carbocycles. The van der Waals surface area contributed by atoms with E-state index < -0.39 is 0 Å². The molecule has 0 radical (unpaired) electrons. The second-order valence-corrected chi connectivity index (χ2v) is 8.49. The Kier molecular flexibility index (Phi) is 5.61. The molecule has 2 nitrogen and oxygen atoms in total. The van der Waals surface area contributed by atoms with Crippen molar-refractivity contribution in [2.24, 2.45) is 16.7 Å². The van der Waals surface area contributed by atoms with Gasteiger partial charge in [-0.25, -0.2) is 0 Å². The van der Waals surface area contributed by atoms with Gasteiger partial charge < -0.3 is 0 Å². The molecule has 1 aliphatic heterocycles. The lowest BCUT2D eigenvalue weighted by Gasteiger charge is -2.34. The molecular formula is C17H33NO. The molecule has 1 saturated heterocycles. The second kappa shape index (κ2) is 6.39. The molecule has 19 heavy (non-hydrogen) atoms. The van der Waals surface area contributed by atoms with Crippen LogP contribution in [-0.4, -0.2) is 30.3 Å². The minimum absolute atomic E-state index is 0.191. The van der Waals surface area contributed by atoms with Crippen LogP contribution in [0.3, 0.4) is 0 Å². The maximum Gasteiger partial charge on any atom is 0.152 e. The number of ketones is 1. The molecule has 0 N–H and O–H groups in total. The number of nitrogens with zero attached hydrogens (tertiary/aromatic N) is 1. The monoisotopic (exact) mass is 267 g/mol. The van der Waals surface area contributed by atoms with E-state index in [-0.39, 0.29) is 5.41 Å². The number of hydrogen-bond donors (Lipinski definition) is 0. The molecule has 1 heterocycles. The summed E-state index contributed by atoms with van der Waals surface area (Å²) in [6.45, 7) is 15.9. The van der Waals surface area contributed by atoms with Crippen molar-refractivity contribution >= 4 is 5.78 Å². The Balaban J connectivity index is 2.28. The van der Waals surface area contributed by atoms with E-state index >= 15 is 0 Å². The topological polar surface area (TPSA) is 20.3 Å². The highest BCUT2D eigenvalue weighted by Gasteiger charge is 2.26. The Bertz CT molecular complexity index is 287. The van der Waals surface area contributed by atoms with Crippen LogP contribution in [0.25, 0.3) is 0 Å². The fraction of sp³-hybridized carbons (Fsp3) is 0.941. The average molecular weight is 267 g/mol. The van der Waals surface area contributed by atoms with Gasteiger partial charge in [0.2, 0.25) is 0 Å². The summed E-state index contributed by atoms with van der Waals surface area (Å²) < 4.78 is 0. The third kappa shape index (κ3) is 6.56. The number of Topliss-reactive ketones (excluding diaryl/α,β-unsaturated/α-hetero) is 1. The SMILES string of the molecule is CC(C)(C)CCC1CCN(CC(=O)C(C)(C)C)CC1. The second-order valence-electron chi connectivity index (χ2n) is 8.49. The van der Waals surface area contributed by atoms with Gasteiger partial charge >= 0.3 is 0 Å². The number of likely N-dealkylation sites (tertiary alicyclic amines) is 1. The first kappa shape index (κ1) is 16.7. The third-order valence-corrected chi connectivity index (χ3v) is 4.21. The highest BCUT2D eigenvalue weighted by atomic mass is 16.1. The Morgan fingerprint density at radius 2 is 1.58 bits per heavy atom. The summed E-state index contributed by atoms with van der Waals surface area (Å²) in [5.41, 5.74) is 0.266. The van der Waals surface area contributed by atoms with Crippen LogP contribution in [0.1, 0.15) is 67.2 Å². The minimum atomic E-state index is -0.191. The van der Waals surface area contributed by atoms with Crippen LogP contribution in [0.5, 0.6) is 0 Å². The molecule has 0 unspecified atom stereocenters. The van der Waals surface area contributed by atoms with Crippen LogP contribution in [0.2, 0.25) is 0 Å². The van der Waals surface area contributed by atoms with Crippen molar-refractivity contribution in [2.45, 2.75) is 67.2 Å². The lowest BCUT2D eigenvalue weighted by Crippen LogP contribution is -2.40. The van der Waals surface area contributed by atoms with Crippen LogP contribution >= 0.6 is 0 Å². The zero-order valence-electron chi connectivity index (χ0n) is 13.9. The number of carbonyl (C=O) groups is 1. The van der Waals surface area contributed by atoms with Crippen LogP contribution in [0.4, 0.5) is 0 Å². The Hall–Kier alpha value is -0.370. The van der Waals surface area contributed by atoms with Crippen molar-refractivity contribution in [3.63, 3.8) is 0 Å². The van der Waals surface area contributed by atoms with Gasteiger partial charge in [0.05, 0.1) is 6.54 Å². The quantitative estimate of drug-likeness (QED) is 0.763. The smallest absolute Gasteiger partial charge is 0.152 e. The first-order valence-electron chi connectivity index (χ1n) is 7.83. The number of rotatable bonds is 4. The van der Waals surface area contributed by atoms with Crippen LogP contribution in [-0.2, 0) is 4.79 Å². The maximum absolute atomic E-state index is 12.0. The summed E-state index contributed by atoms with van der Waals surface area (Å²) in [5.74, 6) is 1.25. The van der Waals surface area contributed by atoms with E-state index in [4.69, 9.17) is 0 Å². The van der Waals surface area contributed by atoms with Crippen LogP contribution < -0.4 is 0 Å². The van der Waals surface area contributed by atoms with Gasteiger partial charge in [0.15, 0.2) is 5.78 Å². The van der Waals surface area contributed by atoms with Crippen molar-refractivity contribution in [2.75, 3.05) is 19.6 Å². The van der Waals surface area contributed by atoms with Gasteiger partial charge in [-0.1, -0.05) is 41.5 Å². The predicted octanol–water partition coefficient (Wildman–Crippen LogP) is 4.14. The zero-order chi connectivity index (χ0) is 14.7. The molecule has 1 rings (SSSR count). The predicted molar refractivity (Wildman–Crippen MR) is 82.3 cm³/mol. The highest BCUT2D eigenvalue weighted by Crippen LogP contribution is 2.29. The summed E-state index contributed by atoms with van der Waals surface area (Å²) >= 11 is 0. The molecule has 0 amide bonds. The Labute approximate surface area is 119 Å².